The van der Waals surface area contributed by atoms with Crippen LogP contribution in [0.5, 0.6) is 0 Å². The third-order valence-corrected chi connectivity index (χ3v) is 3.89. The molecule has 3 rings (SSSR count). The van der Waals surface area contributed by atoms with Gasteiger partial charge in [-0.2, -0.15) is 13.2 Å². The topological polar surface area (TPSA) is 87.8 Å². The van der Waals surface area contributed by atoms with E-state index in [0.29, 0.717) is 18.7 Å². The van der Waals surface area contributed by atoms with E-state index in [1.165, 1.54) is 6.33 Å². The molecule has 0 aliphatic carbocycles. The quantitative estimate of drug-likeness (QED) is 0.771. The minimum absolute atomic E-state index is 0.0185. The van der Waals surface area contributed by atoms with Crippen LogP contribution in [-0.2, 0) is 10.9 Å². The minimum Gasteiger partial charge on any atom is -0.383 e. The molecule has 3 N–H and O–H groups in total. The summed E-state index contributed by atoms with van der Waals surface area (Å²) in [4.78, 5) is 13.6. The molecule has 1 atom stereocenters. The van der Waals surface area contributed by atoms with Gasteiger partial charge < -0.3 is 20.4 Å². The highest BCUT2D eigenvalue weighted by atomic mass is 19.4. The van der Waals surface area contributed by atoms with Gasteiger partial charge in [0.2, 0.25) is 5.82 Å². The van der Waals surface area contributed by atoms with Crippen molar-refractivity contribution in [1.29, 1.82) is 0 Å². The predicted octanol–water partition coefficient (Wildman–Crippen LogP) is 1.55. The normalized spacial score (nSPS) is 21.9. The molecule has 7 nitrogen and oxygen atoms in total. The van der Waals surface area contributed by atoms with Gasteiger partial charge in [0.25, 0.3) is 0 Å². The van der Waals surface area contributed by atoms with E-state index in [0.717, 1.165) is 19.4 Å². The first-order chi connectivity index (χ1) is 10.9. The van der Waals surface area contributed by atoms with Crippen LogP contribution >= 0.6 is 0 Å². The fraction of sp³-hybridized carbons (Fsp3) is 0.615. The van der Waals surface area contributed by atoms with Crippen molar-refractivity contribution in [1.82, 2.24) is 25.3 Å². The molecule has 0 amide bonds. The number of alkyl halides is 3. The summed E-state index contributed by atoms with van der Waals surface area (Å²) in [5.74, 6) is -1.12. The summed E-state index contributed by atoms with van der Waals surface area (Å²) < 4.78 is 44.0. The molecule has 0 aromatic carbocycles. The molecular weight excluding hydrogens is 313 g/mol. The Labute approximate surface area is 130 Å². The Balaban J connectivity index is 1.88. The summed E-state index contributed by atoms with van der Waals surface area (Å²) in [5, 5.41) is 6.34. The number of hydrogen-bond acceptors (Lipinski definition) is 6. The average Bonchev–Trinajstić information content (AvgIpc) is 3.13. The number of methoxy groups -OCH3 is 1. The molecule has 1 aliphatic rings. The molecule has 0 spiro atoms. The largest absolute Gasteiger partial charge is 0.451 e. The van der Waals surface area contributed by atoms with E-state index in [2.05, 4.69) is 30.6 Å². The molecule has 0 saturated carbocycles. The molecule has 126 valence electrons. The lowest BCUT2D eigenvalue weighted by Gasteiger charge is -2.29. The smallest absolute Gasteiger partial charge is 0.383 e. The van der Waals surface area contributed by atoms with Gasteiger partial charge in [-0.25, -0.2) is 15.0 Å². The van der Waals surface area contributed by atoms with Crippen molar-refractivity contribution < 1.29 is 17.9 Å². The average molecular weight is 330 g/mol. The highest BCUT2D eigenvalue weighted by Gasteiger charge is 2.37. The van der Waals surface area contributed by atoms with Crippen molar-refractivity contribution in [3.05, 3.63) is 12.2 Å². The zero-order valence-electron chi connectivity index (χ0n) is 12.5. The Kier molecular flexibility index (Phi) is 4.11. The Hall–Kier alpha value is -1.94. The molecule has 0 radical (unpaired) electrons. The van der Waals surface area contributed by atoms with E-state index >= 15 is 0 Å². The Bertz CT molecular complexity index is 680. The van der Waals surface area contributed by atoms with Gasteiger partial charge in [0.05, 0.1) is 18.5 Å². The van der Waals surface area contributed by atoms with Crippen LogP contribution in [0.25, 0.3) is 11.2 Å². The number of hydrogen-bond donors (Lipinski definition) is 3. The van der Waals surface area contributed by atoms with E-state index in [4.69, 9.17) is 4.74 Å². The zero-order chi connectivity index (χ0) is 16.5. The van der Waals surface area contributed by atoms with Crippen molar-refractivity contribution in [2.75, 3.05) is 32.1 Å². The first kappa shape index (κ1) is 15.9. The molecule has 2 aromatic rings. The van der Waals surface area contributed by atoms with E-state index < -0.39 is 12.0 Å². The number of anilines is 1. The van der Waals surface area contributed by atoms with E-state index in [1.54, 1.807) is 7.11 Å². The lowest BCUT2D eigenvalue weighted by Crippen LogP contribution is -2.49. The molecular formula is C13H17F3N6O. The summed E-state index contributed by atoms with van der Waals surface area (Å²) >= 11 is 0. The first-order valence-electron chi connectivity index (χ1n) is 7.20. The molecule has 10 heteroatoms. The number of imidazole rings is 1. The number of aromatic amines is 1. The van der Waals surface area contributed by atoms with Gasteiger partial charge >= 0.3 is 6.18 Å². The summed E-state index contributed by atoms with van der Waals surface area (Å²) in [6.07, 6.45) is -1.47. The third kappa shape index (κ3) is 3.22. The molecule has 2 aromatic heterocycles. The minimum atomic E-state index is -4.63. The maximum Gasteiger partial charge on any atom is 0.451 e. The van der Waals surface area contributed by atoms with Crippen LogP contribution in [0.1, 0.15) is 18.7 Å². The molecule has 1 saturated heterocycles. The van der Waals surface area contributed by atoms with Crippen LogP contribution in [0.3, 0.4) is 0 Å². The first-order valence-corrected chi connectivity index (χ1v) is 7.20. The van der Waals surface area contributed by atoms with Crippen LogP contribution in [0, 0.1) is 0 Å². The van der Waals surface area contributed by atoms with Gasteiger partial charge in [0.1, 0.15) is 5.52 Å². The van der Waals surface area contributed by atoms with Crippen LogP contribution in [0.2, 0.25) is 0 Å². The van der Waals surface area contributed by atoms with E-state index in [9.17, 15) is 13.2 Å². The van der Waals surface area contributed by atoms with E-state index in [1.807, 2.05) is 0 Å². The standard InChI is InChI=1S/C13H17F3N6O/c1-23-6-12(3-2-4-20-12)5-17-9-8-10(19-7-18-8)22-11(21-9)13(14,15)16/h7,20H,2-6H2,1H3,(H2,17,18,19,21,22). The highest BCUT2D eigenvalue weighted by Crippen LogP contribution is 2.29. The summed E-state index contributed by atoms with van der Waals surface area (Å²) in [6.45, 7) is 1.70. The second-order valence-electron chi connectivity index (χ2n) is 5.59. The summed E-state index contributed by atoms with van der Waals surface area (Å²) in [5.41, 5.74) is 0.0170. The Morgan fingerprint density at radius 1 is 1.39 bits per heavy atom. The van der Waals surface area contributed by atoms with Gasteiger partial charge in [0, 0.05) is 13.7 Å². The third-order valence-electron chi connectivity index (χ3n) is 3.89. The van der Waals surface area contributed by atoms with Crippen molar-refractivity contribution in [3.63, 3.8) is 0 Å². The van der Waals surface area contributed by atoms with Gasteiger partial charge in [0.15, 0.2) is 11.5 Å². The number of fused-ring (bicyclic) bond motifs is 1. The van der Waals surface area contributed by atoms with Crippen LogP contribution in [-0.4, -0.2) is 52.3 Å². The molecule has 1 aliphatic heterocycles. The number of aromatic nitrogens is 4. The number of rotatable bonds is 5. The number of nitrogens with zero attached hydrogens (tertiary/aromatic N) is 3. The van der Waals surface area contributed by atoms with Crippen molar-refractivity contribution in [2.24, 2.45) is 0 Å². The lowest BCUT2D eigenvalue weighted by atomic mass is 9.99. The monoisotopic (exact) mass is 330 g/mol. The van der Waals surface area contributed by atoms with Crippen LogP contribution in [0.15, 0.2) is 6.33 Å². The number of H-pyrrole nitrogens is 1. The van der Waals surface area contributed by atoms with E-state index in [-0.39, 0.29) is 17.0 Å². The molecule has 23 heavy (non-hydrogen) atoms. The van der Waals surface area contributed by atoms with Gasteiger partial charge in [-0.05, 0) is 19.4 Å². The summed E-state index contributed by atoms with van der Waals surface area (Å²) in [6, 6.07) is 0. The number of nitrogens with one attached hydrogen (secondary N) is 3. The maximum absolute atomic E-state index is 12.9. The molecule has 0 bridgehead atoms. The van der Waals surface area contributed by atoms with Crippen molar-refractivity contribution in [3.8, 4) is 0 Å². The molecule has 1 fully saturated rings. The van der Waals surface area contributed by atoms with Crippen LogP contribution < -0.4 is 10.6 Å². The number of halogens is 3. The van der Waals surface area contributed by atoms with Gasteiger partial charge in [-0.3, -0.25) is 0 Å². The fourth-order valence-electron chi connectivity index (χ4n) is 2.81. The predicted molar refractivity (Wildman–Crippen MR) is 77.0 cm³/mol. The highest BCUT2D eigenvalue weighted by molar-refractivity contribution is 5.82. The second-order valence-corrected chi connectivity index (χ2v) is 5.59. The SMILES string of the molecule is COCC1(CNc2nc(C(F)(F)F)nc3nc[nH]c23)CCCN1. The summed E-state index contributed by atoms with van der Waals surface area (Å²) in [7, 11) is 1.60. The Morgan fingerprint density at radius 3 is 2.87 bits per heavy atom. The van der Waals surface area contributed by atoms with Crippen molar-refractivity contribution >= 4 is 17.0 Å². The second kappa shape index (κ2) is 5.93. The van der Waals surface area contributed by atoms with Crippen molar-refractivity contribution in [2.45, 2.75) is 24.6 Å². The molecule has 1 unspecified atom stereocenters. The molecule has 3 heterocycles. The Morgan fingerprint density at radius 2 is 2.22 bits per heavy atom. The van der Waals surface area contributed by atoms with Gasteiger partial charge in [-0.1, -0.05) is 0 Å². The number of ether oxygens (including phenoxy) is 1. The van der Waals surface area contributed by atoms with Crippen LogP contribution in [0.4, 0.5) is 19.0 Å². The van der Waals surface area contributed by atoms with Gasteiger partial charge in [-0.15, -0.1) is 0 Å². The fourth-order valence-corrected chi connectivity index (χ4v) is 2.81. The maximum atomic E-state index is 12.9. The zero-order valence-corrected chi connectivity index (χ0v) is 12.5. The lowest BCUT2D eigenvalue weighted by molar-refractivity contribution is -0.144.